The van der Waals surface area contributed by atoms with E-state index in [1.165, 1.54) is 113 Å². The van der Waals surface area contributed by atoms with Crippen LogP contribution in [-0.4, -0.2) is 19.4 Å². The minimum atomic E-state index is -2.86. The Morgan fingerprint density at radius 3 is 2.03 bits per heavy atom. The van der Waals surface area contributed by atoms with Crippen LogP contribution in [-0.2, 0) is 5.41 Å². The maximum atomic E-state index is 2.78. The number of aromatic nitrogens is 1. The van der Waals surface area contributed by atoms with Crippen LogP contribution in [0.1, 0.15) is 25.0 Å². The van der Waals surface area contributed by atoms with Crippen LogP contribution in [0.4, 0.5) is 17.1 Å². The van der Waals surface area contributed by atoms with Gasteiger partial charge in [0.25, 0.3) is 0 Å². The van der Waals surface area contributed by atoms with Crippen molar-refractivity contribution in [1.29, 1.82) is 0 Å². The summed E-state index contributed by atoms with van der Waals surface area (Å²) in [6.45, 7) is 4.93. The largest absolute Gasteiger partial charge is 0.367 e. The zero-order valence-corrected chi connectivity index (χ0v) is 33.9. The van der Waals surface area contributed by atoms with Crippen molar-refractivity contribution < 1.29 is 0 Å². The van der Waals surface area contributed by atoms with Gasteiger partial charge in [-0.1, -0.05) is 172 Å². The molecule has 0 radical (unpaired) electrons. The average Bonchev–Trinajstić information content (AvgIpc) is 3.89. The van der Waals surface area contributed by atoms with E-state index in [-0.39, 0.29) is 12.3 Å². The summed E-state index contributed by atoms with van der Waals surface area (Å²) in [5, 5.41) is 9.85. The number of benzene rings is 8. The lowest BCUT2D eigenvalue weighted by molar-refractivity contribution is 0.661. The van der Waals surface area contributed by atoms with E-state index in [0.717, 1.165) is 0 Å². The first-order valence-electron chi connectivity index (χ1n) is 20.5. The quantitative estimate of drug-likeness (QED) is 0.159. The predicted octanol–water partition coefficient (Wildman–Crippen LogP) is 9.42. The molecule has 3 aliphatic heterocycles. The number of para-hydroxylation sites is 3. The highest BCUT2D eigenvalue weighted by molar-refractivity contribution is 7.26. The first-order valence-corrected chi connectivity index (χ1v) is 23.3. The van der Waals surface area contributed by atoms with Crippen LogP contribution < -0.4 is 36.6 Å². The summed E-state index contributed by atoms with van der Waals surface area (Å²) in [4.78, 5) is 4.13. The van der Waals surface area contributed by atoms with E-state index < -0.39 is 8.07 Å². The van der Waals surface area contributed by atoms with E-state index >= 15 is 0 Å². The fourth-order valence-electron chi connectivity index (χ4n) is 12.1. The lowest BCUT2D eigenvalue weighted by Crippen LogP contribution is -2.78. The molecule has 0 amide bonds. The summed E-state index contributed by atoms with van der Waals surface area (Å²) < 4.78 is 4.13. The second kappa shape index (κ2) is 10.8. The first-order chi connectivity index (χ1) is 28.6. The first kappa shape index (κ1) is 31.7. The Morgan fingerprint density at radius 2 is 1.21 bits per heavy atom. The van der Waals surface area contributed by atoms with Gasteiger partial charge >= 0.3 is 6.85 Å². The van der Waals surface area contributed by atoms with Crippen LogP contribution in [0, 0.1) is 0 Å². The monoisotopic (exact) mass is 770 g/mol. The van der Waals surface area contributed by atoms with Crippen molar-refractivity contribution in [1.82, 2.24) is 4.48 Å². The van der Waals surface area contributed by atoms with Crippen LogP contribution in [0.15, 0.2) is 176 Å². The van der Waals surface area contributed by atoms with Crippen molar-refractivity contribution in [2.45, 2.75) is 19.3 Å². The van der Waals surface area contributed by atoms with Crippen molar-refractivity contribution in [3.05, 3.63) is 187 Å². The molecule has 2 nitrogen and oxygen atoms in total. The highest BCUT2D eigenvalue weighted by atomic mass is 32.1. The van der Waals surface area contributed by atoms with Gasteiger partial charge in [0.1, 0.15) is 0 Å². The van der Waals surface area contributed by atoms with E-state index in [2.05, 4.69) is 199 Å². The topological polar surface area (TPSA) is 8.17 Å². The molecule has 5 heterocycles. The van der Waals surface area contributed by atoms with Crippen LogP contribution in [0.3, 0.4) is 0 Å². The Labute approximate surface area is 342 Å². The van der Waals surface area contributed by atoms with E-state index in [4.69, 9.17) is 0 Å². The second-order valence-corrected chi connectivity index (χ2v) is 21.9. The van der Waals surface area contributed by atoms with Crippen LogP contribution >= 0.6 is 11.3 Å². The standard InChI is InChI=1S/C53H35BN2SSi/c1-53(2)40-25-11-9-21-34(40)38-31-39-35-23-15-24-37-46-36-22-10-13-28-43(36)57-52(46)56(49(35)37)54-41-26-16-30-45-50(41)55(51(47(38)53)48(39)54)42-27-12-14-29-44(42)58(45,32-17-5-3-6-18-32)33-19-7-4-8-20-33/h3-31H,1-2H3. The van der Waals surface area contributed by atoms with Gasteiger partial charge in [0.15, 0.2) is 8.07 Å². The van der Waals surface area contributed by atoms with Crippen molar-refractivity contribution in [3.8, 4) is 22.3 Å². The molecular weight excluding hydrogens is 736 g/mol. The summed E-state index contributed by atoms with van der Waals surface area (Å²) >= 11 is 1.96. The number of nitrogens with zero attached hydrogens (tertiary/aromatic N) is 2. The van der Waals surface area contributed by atoms with Gasteiger partial charge in [-0.05, 0) is 77.7 Å². The van der Waals surface area contributed by atoms with Crippen molar-refractivity contribution in [2.24, 2.45) is 0 Å². The lowest BCUT2D eigenvalue weighted by atomic mass is 9.44. The zero-order chi connectivity index (χ0) is 38.1. The Hall–Kier alpha value is -6.40. The number of hydrogen-bond acceptors (Lipinski definition) is 2. The molecular formula is C53H35BN2SSi. The fraction of sp³-hybridized carbons (Fsp3) is 0.0566. The number of hydrogen-bond donors (Lipinski definition) is 0. The van der Waals surface area contributed by atoms with Crippen LogP contribution in [0.5, 0.6) is 0 Å². The number of anilines is 3. The molecule has 0 saturated carbocycles. The summed E-state index contributed by atoms with van der Waals surface area (Å²) in [5.41, 5.74) is 16.3. The molecule has 0 atom stereocenters. The second-order valence-electron chi connectivity index (χ2n) is 17.1. The highest BCUT2D eigenvalue weighted by Crippen LogP contribution is 2.58. The van der Waals surface area contributed by atoms with Crippen LogP contribution in [0.2, 0.25) is 0 Å². The molecule has 4 aliphatic rings. The minimum Gasteiger partial charge on any atom is -0.367 e. The maximum absolute atomic E-state index is 2.86. The Morgan fingerprint density at radius 1 is 0.552 bits per heavy atom. The number of rotatable bonds is 2. The maximum Gasteiger partial charge on any atom is 0.333 e. The molecule has 0 N–H and O–H groups in total. The van der Waals surface area contributed by atoms with E-state index in [0.29, 0.717) is 0 Å². The third-order valence-electron chi connectivity index (χ3n) is 14.2. The number of fused-ring (bicyclic) bond motifs is 15. The molecule has 0 bridgehead atoms. The van der Waals surface area contributed by atoms with Gasteiger partial charge in [-0.25, -0.2) is 0 Å². The highest BCUT2D eigenvalue weighted by Gasteiger charge is 2.55. The molecule has 58 heavy (non-hydrogen) atoms. The number of thiophene rings is 1. The molecule has 1 aliphatic carbocycles. The summed E-state index contributed by atoms with van der Waals surface area (Å²) in [6.07, 6.45) is 0. The third-order valence-corrected chi connectivity index (χ3v) is 20.2. The van der Waals surface area contributed by atoms with E-state index in [1.807, 2.05) is 11.3 Å². The van der Waals surface area contributed by atoms with Crippen molar-refractivity contribution in [3.63, 3.8) is 0 Å². The molecule has 0 fully saturated rings. The average molecular weight is 771 g/mol. The lowest BCUT2D eigenvalue weighted by Gasteiger charge is -2.50. The molecule has 0 saturated heterocycles. The van der Waals surface area contributed by atoms with Crippen molar-refractivity contribution in [2.75, 3.05) is 4.90 Å². The molecule has 0 unspecified atom stereocenters. The molecule has 270 valence electrons. The van der Waals surface area contributed by atoms with Gasteiger partial charge in [0, 0.05) is 54.4 Å². The molecule has 0 spiro atoms. The van der Waals surface area contributed by atoms with E-state index in [1.54, 1.807) is 0 Å². The molecule has 8 aromatic carbocycles. The summed E-state index contributed by atoms with van der Waals surface area (Å²) in [6, 6.07) is 67.7. The Kier molecular flexibility index (Phi) is 5.87. The smallest absolute Gasteiger partial charge is 0.333 e. The van der Waals surface area contributed by atoms with Gasteiger partial charge in [0.2, 0.25) is 0 Å². The van der Waals surface area contributed by atoms with Gasteiger partial charge < -0.3 is 9.38 Å². The van der Waals surface area contributed by atoms with E-state index in [9.17, 15) is 0 Å². The molecule has 10 aromatic rings. The Balaban J connectivity index is 1.23. The zero-order valence-electron chi connectivity index (χ0n) is 32.1. The van der Waals surface area contributed by atoms with Crippen molar-refractivity contribution >= 4 is 106 Å². The third kappa shape index (κ3) is 3.51. The van der Waals surface area contributed by atoms with Gasteiger partial charge in [-0.2, -0.15) is 0 Å². The van der Waals surface area contributed by atoms with Gasteiger partial charge in [-0.15, -0.1) is 11.3 Å². The molecule has 14 rings (SSSR count). The molecule has 2 aromatic heterocycles. The Bertz CT molecular complexity index is 3410. The van der Waals surface area contributed by atoms with Gasteiger partial charge in [-0.3, -0.25) is 0 Å². The van der Waals surface area contributed by atoms with Crippen LogP contribution in [0.25, 0.3) is 53.5 Å². The van der Waals surface area contributed by atoms with Gasteiger partial charge in [0.05, 0.1) is 4.83 Å². The normalized spacial score (nSPS) is 15.6. The SMILES string of the molecule is CC1(C)c2ccccc2-c2cc3c4c(c21)N1c2ccccc2[Si](c2ccccc2)(c2ccccc2)c2cccc(c21)B4n1c2sc4ccccc4c2c2cccc-3c21. The summed E-state index contributed by atoms with van der Waals surface area (Å²) in [7, 11) is -2.86. The minimum absolute atomic E-state index is 0.00696. The fourth-order valence-corrected chi connectivity index (χ4v) is 18.5. The predicted molar refractivity (Wildman–Crippen MR) is 250 cm³/mol. The summed E-state index contributed by atoms with van der Waals surface area (Å²) in [5.74, 6) is 0. The molecule has 5 heteroatoms.